The van der Waals surface area contributed by atoms with Crippen LogP contribution in [0.3, 0.4) is 0 Å². The van der Waals surface area contributed by atoms with Crippen LogP contribution >= 0.6 is 0 Å². The molecule has 0 spiro atoms. The highest BCUT2D eigenvalue weighted by Crippen LogP contribution is 2.21. The fourth-order valence-corrected chi connectivity index (χ4v) is 5.09. The van der Waals surface area contributed by atoms with Crippen LogP contribution in [0.2, 0.25) is 0 Å². The lowest BCUT2D eigenvalue weighted by molar-refractivity contribution is -0.141. The normalized spacial score (nSPS) is 14.7. The van der Waals surface area contributed by atoms with Crippen molar-refractivity contribution in [3.8, 4) is 0 Å². The highest BCUT2D eigenvalue weighted by atomic mass is 16.2. The maximum atomic E-state index is 13.9. The molecule has 2 amide bonds. The number of rotatable bonds is 9. The highest BCUT2D eigenvalue weighted by molar-refractivity contribution is 5.89. The van der Waals surface area contributed by atoms with Crippen LogP contribution < -0.4 is 5.32 Å². The summed E-state index contributed by atoms with van der Waals surface area (Å²) in [6.45, 7) is 4.50. The van der Waals surface area contributed by atoms with Gasteiger partial charge in [-0.25, -0.2) is 0 Å². The Kier molecular flexibility index (Phi) is 8.94. The highest BCUT2D eigenvalue weighted by Gasteiger charge is 2.32. The number of amides is 2. The molecule has 1 N–H and O–H groups in total. The summed E-state index contributed by atoms with van der Waals surface area (Å²) in [5, 5.41) is 3.31. The van der Waals surface area contributed by atoms with Gasteiger partial charge in [-0.05, 0) is 43.4 Å². The Morgan fingerprint density at radius 1 is 0.806 bits per heavy atom. The van der Waals surface area contributed by atoms with Crippen molar-refractivity contribution in [2.75, 3.05) is 0 Å². The molecule has 1 atom stereocenters. The van der Waals surface area contributed by atoms with Gasteiger partial charge in [0.2, 0.25) is 11.8 Å². The molecule has 36 heavy (non-hydrogen) atoms. The van der Waals surface area contributed by atoms with Gasteiger partial charge >= 0.3 is 0 Å². The van der Waals surface area contributed by atoms with E-state index in [1.165, 1.54) is 6.42 Å². The van der Waals surface area contributed by atoms with E-state index in [1.807, 2.05) is 73.7 Å². The van der Waals surface area contributed by atoms with E-state index in [2.05, 4.69) is 24.4 Å². The summed E-state index contributed by atoms with van der Waals surface area (Å²) in [6.07, 6.45) is 6.31. The summed E-state index contributed by atoms with van der Waals surface area (Å²) in [4.78, 5) is 29.5. The zero-order valence-electron chi connectivity index (χ0n) is 21.6. The molecule has 0 saturated heterocycles. The Balaban J connectivity index is 1.65. The van der Waals surface area contributed by atoms with Crippen LogP contribution in [-0.2, 0) is 29.0 Å². The third-order valence-electron chi connectivity index (χ3n) is 7.13. The molecule has 0 unspecified atom stereocenters. The molecule has 188 valence electrons. The topological polar surface area (TPSA) is 49.4 Å². The molecule has 1 fully saturated rings. The average Bonchev–Trinajstić information content (AvgIpc) is 2.88. The van der Waals surface area contributed by atoms with E-state index in [-0.39, 0.29) is 24.3 Å². The number of carbonyl (C=O) groups excluding carboxylic acids is 2. The van der Waals surface area contributed by atoms with E-state index < -0.39 is 6.04 Å². The van der Waals surface area contributed by atoms with Crippen LogP contribution in [0.5, 0.6) is 0 Å². The van der Waals surface area contributed by atoms with Gasteiger partial charge in [-0.15, -0.1) is 0 Å². The van der Waals surface area contributed by atoms with Crippen LogP contribution in [-0.4, -0.2) is 28.8 Å². The Labute approximate surface area is 215 Å². The zero-order chi connectivity index (χ0) is 25.3. The van der Waals surface area contributed by atoms with Crippen molar-refractivity contribution in [1.29, 1.82) is 0 Å². The van der Waals surface area contributed by atoms with Gasteiger partial charge in [0.05, 0.1) is 6.42 Å². The molecule has 3 aromatic rings. The molecule has 0 heterocycles. The van der Waals surface area contributed by atoms with Crippen LogP contribution in [0.4, 0.5) is 0 Å². The number of hydrogen-bond donors (Lipinski definition) is 1. The van der Waals surface area contributed by atoms with Gasteiger partial charge in [-0.1, -0.05) is 109 Å². The van der Waals surface area contributed by atoms with Crippen LogP contribution in [0.25, 0.3) is 0 Å². The maximum Gasteiger partial charge on any atom is 0.243 e. The van der Waals surface area contributed by atoms with Gasteiger partial charge in [-0.2, -0.15) is 0 Å². The number of nitrogens with zero attached hydrogens (tertiary/aromatic N) is 1. The first-order chi connectivity index (χ1) is 17.5. The number of hydrogen-bond acceptors (Lipinski definition) is 2. The van der Waals surface area contributed by atoms with E-state index >= 15 is 0 Å². The summed E-state index contributed by atoms with van der Waals surface area (Å²) in [6, 6.07) is 25.9. The van der Waals surface area contributed by atoms with Crippen molar-refractivity contribution < 1.29 is 9.59 Å². The van der Waals surface area contributed by atoms with E-state index in [1.54, 1.807) is 4.90 Å². The summed E-state index contributed by atoms with van der Waals surface area (Å²) in [5.41, 5.74) is 5.36. The standard InChI is InChI=1S/C32H38N2O2/c1-24-16-18-27(19-17-24)22-31(35)34(23-28-13-9-10-25(2)20-28)30(21-26-11-5-3-6-12-26)32(36)33-29-14-7-4-8-15-29/h3,5-6,9-13,16-20,29-30H,4,7-8,14-15,21-23H2,1-2H3,(H,33,36)/t30-/m1/s1. The third kappa shape index (κ3) is 7.30. The van der Waals surface area contributed by atoms with Crippen LogP contribution in [0.1, 0.15) is 59.9 Å². The minimum absolute atomic E-state index is 0.0277. The number of aryl methyl sites for hydroxylation is 2. The first kappa shape index (κ1) is 25.7. The lowest BCUT2D eigenvalue weighted by Gasteiger charge is -2.33. The fraction of sp³-hybridized carbons (Fsp3) is 0.375. The molecule has 1 aliphatic rings. The molecule has 1 aliphatic carbocycles. The lowest BCUT2D eigenvalue weighted by Crippen LogP contribution is -2.53. The Bertz CT molecular complexity index is 1130. The van der Waals surface area contributed by atoms with Crippen molar-refractivity contribution >= 4 is 11.8 Å². The van der Waals surface area contributed by atoms with Crippen molar-refractivity contribution in [1.82, 2.24) is 10.2 Å². The van der Waals surface area contributed by atoms with E-state index in [4.69, 9.17) is 0 Å². The molecule has 0 bridgehead atoms. The number of carbonyl (C=O) groups is 2. The molecule has 1 saturated carbocycles. The van der Waals surface area contributed by atoms with Crippen molar-refractivity contribution in [2.45, 2.75) is 77.4 Å². The lowest BCUT2D eigenvalue weighted by atomic mass is 9.94. The summed E-state index contributed by atoms with van der Waals surface area (Å²) in [7, 11) is 0. The summed E-state index contributed by atoms with van der Waals surface area (Å²) >= 11 is 0. The second-order valence-electron chi connectivity index (χ2n) is 10.2. The smallest absolute Gasteiger partial charge is 0.243 e. The molecule has 0 radical (unpaired) electrons. The second kappa shape index (κ2) is 12.5. The van der Waals surface area contributed by atoms with Gasteiger partial charge in [0.25, 0.3) is 0 Å². The molecule has 4 heteroatoms. The number of nitrogens with one attached hydrogen (secondary N) is 1. The van der Waals surface area contributed by atoms with E-state index in [0.29, 0.717) is 13.0 Å². The largest absolute Gasteiger partial charge is 0.352 e. The first-order valence-electron chi connectivity index (χ1n) is 13.2. The van der Waals surface area contributed by atoms with Gasteiger partial charge in [-0.3, -0.25) is 9.59 Å². The molecule has 4 nitrogen and oxygen atoms in total. The van der Waals surface area contributed by atoms with E-state index in [0.717, 1.165) is 53.5 Å². The number of benzene rings is 3. The molecular formula is C32H38N2O2. The predicted octanol–water partition coefficient (Wildman–Crippen LogP) is 5.93. The Morgan fingerprint density at radius 2 is 1.50 bits per heavy atom. The van der Waals surface area contributed by atoms with Crippen molar-refractivity contribution in [2.24, 2.45) is 0 Å². The molecule has 0 aliphatic heterocycles. The SMILES string of the molecule is Cc1ccc(CC(=O)N(Cc2cccc(C)c2)[C@H](Cc2ccccc2)C(=O)NC2CCCCC2)cc1. The molecule has 0 aromatic heterocycles. The first-order valence-corrected chi connectivity index (χ1v) is 13.2. The zero-order valence-corrected chi connectivity index (χ0v) is 21.6. The van der Waals surface area contributed by atoms with Gasteiger partial charge in [0.15, 0.2) is 0 Å². The van der Waals surface area contributed by atoms with E-state index in [9.17, 15) is 9.59 Å². The fourth-order valence-electron chi connectivity index (χ4n) is 5.09. The quantitative estimate of drug-likeness (QED) is 0.411. The predicted molar refractivity (Wildman–Crippen MR) is 146 cm³/mol. The summed E-state index contributed by atoms with van der Waals surface area (Å²) < 4.78 is 0. The van der Waals surface area contributed by atoms with Gasteiger partial charge < -0.3 is 10.2 Å². The molecule has 3 aromatic carbocycles. The maximum absolute atomic E-state index is 13.9. The van der Waals surface area contributed by atoms with Crippen LogP contribution in [0, 0.1) is 13.8 Å². The minimum atomic E-state index is -0.576. The monoisotopic (exact) mass is 482 g/mol. The summed E-state index contributed by atoms with van der Waals surface area (Å²) in [5.74, 6) is -0.0734. The van der Waals surface area contributed by atoms with Gasteiger partial charge in [0, 0.05) is 19.0 Å². The minimum Gasteiger partial charge on any atom is -0.352 e. The average molecular weight is 483 g/mol. The van der Waals surface area contributed by atoms with Crippen LogP contribution in [0.15, 0.2) is 78.9 Å². The van der Waals surface area contributed by atoms with Gasteiger partial charge in [0.1, 0.15) is 6.04 Å². The van der Waals surface area contributed by atoms with Crippen molar-refractivity contribution in [3.05, 3.63) is 107 Å². The molecular weight excluding hydrogens is 444 g/mol. The molecule has 4 rings (SSSR count). The Morgan fingerprint density at radius 3 is 2.19 bits per heavy atom. The van der Waals surface area contributed by atoms with Crippen molar-refractivity contribution in [3.63, 3.8) is 0 Å². The third-order valence-corrected chi connectivity index (χ3v) is 7.13. The Hall–Kier alpha value is -3.40. The second-order valence-corrected chi connectivity index (χ2v) is 10.2.